The van der Waals surface area contributed by atoms with Gasteiger partial charge < -0.3 is 14.6 Å². The molecular weight excluding hydrogens is 412 g/mol. The standard InChI is InChI=1S/C25H42O3S2/c1-24(2)17-27-25(28-18-24)14-13-19(21(25)10-12-23-29-15-16-30-23)9-11-22(26)20-7-5-3-4-6-8-20/h9,11,19-23,26H,3-8,10,12-18H2,1-2H3/t19-,21+,22?/m0/s1. The van der Waals surface area contributed by atoms with Crippen LogP contribution in [0.15, 0.2) is 12.2 Å². The SMILES string of the molecule is CC1(C)COC2(CC[C@H](C=CC(O)C3CCCCCC3)[C@H]2CCC2SCCS2)OC1. The van der Waals surface area contributed by atoms with Crippen molar-refractivity contribution in [3.8, 4) is 0 Å². The predicted molar refractivity (Wildman–Crippen MR) is 129 cm³/mol. The van der Waals surface area contributed by atoms with E-state index in [4.69, 9.17) is 9.47 Å². The maximum absolute atomic E-state index is 10.9. The molecule has 3 atom stereocenters. The number of aliphatic hydroxyl groups excluding tert-OH is 1. The third-order valence-electron chi connectivity index (χ3n) is 7.66. The Morgan fingerprint density at radius 3 is 2.30 bits per heavy atom. The van der Waals surface area contributed by atoms with Gasteiger partial charge in [0, 0.05) is 29.3 Å². The normalized spacial score (nSPS) is 34.0. The predicted octanol–water partition coefficient (Wildman–Crippen LogP) is 6.26. The van der Waals surface area contributed by atoms with Gasteiger partial charge in [0.15, 0.2) is 5.79 Å². The molecule has 5 heteroatoms. The van der Waals surface area contributed by atoms with Crippen molar-refractivity contribution in [3.63, 3.8) is 0 Å². The Labute approximate surface area is 192 Å². The average molecular weight is 455 g/mol. The van der Waals surface area contributed by atoms with E-state index in [0.29, 0.717) is 17.8 Å². The van der Waals surface area contributed by atoms with Gasteiger partial charge in [0.25, 0.3) is 0 Å². The molecule has 0 aromatic heterocycles. The van der Waals surface area contributed by atoms with Gasteiger partial charge >= 0.3 is 0 Å². The first-order valence-corrected chi connectivity index (χ1v) is 14.4. The molecule has 0 radical (unpaired) electrons. The minimum absolute atomic E-state index is 0.108. The van der Waals surface area contributed by atoms with Gasteiger partial charge in [0.1, 0.15) is 0 Å². The van der Waals surface area contributed by atoms with Crippen LogP contribution in [0.4, 0.5) is 0 Å². The lowest BCUT2D eigenvalue weighted by molar-refractivity contribution is -0.316. The van der Waals surface area contributed by atoms with Crippen molar-refractivity contribution >= 4 is 23.5 Å². The Morgan fingerprint density at radius 1 is 0.967 bits per heavy atom. The van der Waals surface area contributed by atoms with Crippen molar-refractivity contribution in [2.45, 2.75) is 94.5 Å². The second kappa shape index (κ2) is 10.5. The van der Waals surface area contributed by atoms with Gasteiger partial charge in [-0.3, -0.25) is 0 Å². The quantitative estimate of drug-likeness (QED) is 0.379. The molecule has 0 amide bonds. The molecule has 1 unspecified atom stereocenters. The molecule has 1 N–H and O–H groups in total. The lowest BCUT2D eigenvalue weighted by Gasteiger charge is -2.45. The zero-order chi connectivity index (χ0) is 21.0. The molecule has 4 fully saturated rings. The van der Waals surface area contributed by atoms with E-state index in [-0.39, 0.29) is 11.5 Å². The molecule has 1 spiro atoms. The molecule has 4 rings (SSSR count). The third-order valence-corrected chi connectivity index (χ3v) is 10.8. The zero-order valence-electron chi connectivity index (χ0n) is 19.0. The Hall–Kier alpha value is 0.320. The topological polar surface area (TPSA) is 38.7 Å². The fourth-order valence-corrected chi connectivity index (χ4v) is 8.64. The van der Waals surface area contributed by atoms with Gasteiger partial charge in [-0.2, -0.15) is 0 Å². The lowest BCUT2D eigenvalue weighted by Crippen LogP contribution is -2.50. The maximum atomic E-state index is 10.9. The molecule has 172 valence electrons. The van der Waals surface area contributed by atoms with Gasteiger partial charge in [0.05, 0.1) is 23.9 Å². The Kier molecular flexibility index (Phi) is 8.22. The highest BCUT2D eigenvalue weighted by Crippen LogP contribution is 2.51. The van der Waals surface area contributed by atoms with Gasteiger partial charge in [0.2, 0.25) is 0 Å². The van der Waals surface area contributed by atoms with Crippen LogP contribution in [0.2, 0.25) is 0 Å². The zero-order valence-corrected chi connectivity index (χ0v) is 20.7. The van der Waals surface area contributed by atoms with Crippen molar-refractivity contribution in [3.05, 3.63) is 12.2 Å². The summed E-state index contributed by atoms with van der Waals surface area (Å²) in [6.45, 7) is 6.04. The lowest BCUT2D eigenvalue weighted by atomic mass is 9.85. The first-order valence-electron chi connectivity index (χ1n) is 12.3. The molecule has 2 aliphatic heterocycles. The molecule has 2 saturated carbocycles. The fraction of sp³-hybridized carbons (Fsp3) is 0.920. The minimum atomic E-state index is -0.397. The molecule has 0 aromatic carbocycles. The second-order valence-corrected chi connectivity index (χ2v) is 13.7. The van der Waals surface area contributed by atoms with Crippen LogP contribution in [-0.2, 0) is 9.47 Å². The highest BCUT2D eigenvalue weighted by atomic mass is 32.2. The van der Waals surface area contributed by atoms with Crippen LogP contribution in [0.5, 0.6) is 0 Å². The van der Waals surface area contributed by atoms with Gasteiger partial charge in [-0.15, -0.1) is 23.5 Å². The number of aliphatic hydroxyl groups is 1. The number of hydrogen-bond donors (Lipinski definition) is 1. The Bertz CT molecular complexity index is 555. The Morgan fingerprint density at radius 2 is 1.63 bits per heavy atom. The number of ether oxygens (including phenoxy) is 2. The molecule has 2 heterocycles. The summed E-state index contributed by atoms with van der Waals surface area (Å²) in [7, 11) is 0. The van der Waals surface area contributed by atoms with E-state index in [1.54, 1.807) is 0 Å². The maximum Gasteiger partial charge on any atom is 0.171 e. The van der Waals surface area contributed by atoms with E-state index in [9.17, 15) is 5.11 Å². The van der Waals surface area contributed by atoms with E-state index in [1.165, 1.54) is 62.9 Å². The molecule has 2 saturated heterocycles. The first-order chi connectivity index (χ1) is 14.5. The average Bonchev–Trinajstić information content (AvgIpc) is 3.27. The molecule has 0 bridgehead atoms. The van der Waals surface area contributed by atoms with Crippen LogP contribution in [0.25, 0.3) is 0 Å². The second-order valence-electron chi connectivity index (χ2n) is 10.7. The van der Waals surface area contributed by atoms with E-state index < -0.39 is 5.79 Å². The van der Waals surface area contributed by atoms with Crippen molar-refractivity contribution in [1.29, 1.82) is 0 Å². The summed E-state index contributed by atoms with van der Waals surface area (Å²) in [6, 6.07) is 0. The van der Waals surface area contributed by atoms with Crippen molar-refractivity contribution < 1.29 is 14.6 Å². The van der Waals surface area contributed by atoms with E-state index in [1.807, 2.05) is 0 Å². The number of rotatable bonds is 6. The van der Waals surface area contributed by atoms with Crippen LogP contribution >= 0.6 is 23.5 Å². The fourth-order valence-electron chi connectivity index (χ4n) is 5.78. The highest BCUT2D eigenvalue weighted by Gasteiger charge is 2.52. The highest BCUT2D eigenvalue weighted by molar-refractivity contribution is 8.20. The van der Waals surface area contributed by atoms with E-state index in [2.05, 4.69) is 49.5 Å². The summed E-state index contributed by atoms with van der Waals surface area (Å²) in [5.74, 6) is 3.51. The summed E-state index contributed by atoms with van der Waals surface area (Å²) in [5, 5.41) is 10.9. The Balaban J connectivity index is 1.42. The van der Waals surface area contributed by atoms with Crippen LogP contribution in [0.3, 0.4) is 0 Å². The molecule has 3 nitrogen and oxygen atoms in total. The summed E-state index contributed by atoms with van der Waals surface area (Å²) in [4.78, 5) is 0. The monoisotopic (exact) mass is 454 g/mol. The van der Waals surface area contributed by atoms with Gasteiger partial charge in [-0.25, -0.2) is 0 Å². The van der Waals surface area contributed by atoms with Crippen LogP contribution in [-0.4, -0.2) is 46.3 Å². The molecule has 0 aromatic rings. The van der Waals surface area contributed by atoms with Crippen molar-refractivity contribution in [2.24, 2.45) is 23.2 Å². The van der Waals surface area contributed by atoms with E-state index >= 15 is 0 Å². The summed E-state index contributed by atoms with van der Waals surface area (Å²) in [6.07, 6.45) is 16.3. The molecule has 30 heavy (non-hydrogen) atoms. The smallest absolute Gasteiger partial charge is 0.171 e. The van der Waals surface area contributed by atoms with Gasteiger partial charge in [-0.1, -0.05) is 51.7 Å². The van der Waals surface area contributed by atoms with Crippen LogP contribution in [0.1, 0.15) is 78.1 Å². The number of thioether (sulfide) groups is 2. The third kappa shape index (κ3) is 5.81. The largest absolute Gasteiger partial charge is 0.389 e. The number of allylic oxidation sites excluding steroid dienone is 1. The molecular formula is C25H42O3S2. The van der Waals surface area contributed by atoms with Crippen molar-refractivity contribution in [1.82, 2.24) is 0 Å². The molecule has 2 aliphatic carbocycles. The van der Waals surface area contributed by atoms with Gasteiger partial charge in [-0.05, 0) is 43.9 Å². The molecule has 4 aliphatic rings. The summed E-state index contributed by atoms with van der Waals surface area (Å²) in [5.41, 5.74) is 0.108. The van der Waals surface area contributed by atoms with Crippen LogP contribution in [0, 0.1) is 23.2 Å². The minimum Gasteiger partial charge on any atom is -0.389 e. The summed E-state index contributed by atoms with van der Waals surface area (Å²) >= 11 is 4.25. The summed E-state index contributed by atoms with van der Waals surface area (Å²) < 4.78 is 13.8. The van der Waals surface area contributed by atoms with E-state index in [0.717, 1.165) is 30.6 Å². The van der Waals surface area contributed by atoms with Crippen LogP contribution < -0.4 is 0 Å². The van der Waals surface area contributed by atoms with Crippen molar-refractivity contribution in [2.75, 3.05) is 24.7 Å². The first kappa shape index (κ1) is 23.5. The number of hydrogen-bond acceptors (Lipinski definition) is 5.